The van der Waals surface area contributed by atoms with Crippen LogP contribution >= 0.6 is 0 Å². The van der Waals surface area contributed by atoms with Gasteiger partial charge in [0.15, 0.2) is 17.9 Å². The van der Waals surface area contributed by atoms with E-state index in [2.05, 4.69) is 5.32 Å². The number of phenolic OH excluding ortho intramolecular Hbond substituents is 2. The summed E-state index contributed by atoms with van der Waals surface area (Å²) < 4.78 is 11.7. The van der Waals surface area contributed by atoms with Crippen molar-refractivity contribution in [1.29, 1.82) is 0 Å². The van der Waals surface area contributed by atoms with Gasteiger partial charge in [-0.15, -0.1) is 0 Å². The first kappa shape index (κ1) is 25.3. The number of rotatable bonds is 6. The van der Waals surface area contributed by atoms with Crippen molar-refractivity contribution in [1.82, 2.24) is 0 Å². The average molecular weight is 511 g/mol. The predicted octanol–water partition coefficient (Wildman–Crippen LogP) is 1.95. The molecule has 0 spiro atoms. The topological polar surface area (TPSA) is 168 Å². The molecule has 2 aliphatic carbocycles. The predicted molar refractivity (Wildman–Crippen MR) is 132 cm³/mol. The number of nitrogens with two attached hydrogens (primary N) is 1. The molecule has 1 heterocycles. The monoisotopic (exact) mass is 510 g/mol. The van der Waals surface area contributed by atoms with Crippen molar-refractivity contribution in [3.05, 3.63) is 51.6 Å². The lowest BCUT2D eigenvalue weighted by Crippen LogP contribution is -2.35. The summed E-state index contributed by atoms with van der Waals surface area (Å²) in [5.74, 6) is -2.72. The Morgan fingerprint density at radius 3 is 2.57 bits per heavy atom. The molecule has 37 heavy (non-hydrogen) atoms. The van der Waals surface area contributed by atoms with Crippen molar-refractivity contribution in [3.8, 4) is 11.5 Å². The summed E-state index contributed by atoms with van der Waals surface area (Å²) in [5.41, 5.74) is 6.04. The molecule has 0 radical (unpaired) electrons. The van der Waals surface area contributed by atoms with Crippen LogP contribution in [-0.4, -0.2) is 64.8 Å². The van der Waals surface area contributed by atoms with E-state index in [-0.39, 0.29) is 58.6 Å². The minimum Gasteiger partial charge on any atom is -0.507 e. The van der Waals surface area contributed by atoms with Gasteiger partial charge >= 0.3 is 0 Å². The van der Waals surface area contributed by atoms with Gasteiger partial charge < -0.3 is 35.8 Å². The molecule has 2 aromatic rings. The molecular formula is C27H30N2O8. The fourth-order valence-corrected chi connectivity index (χ4v) is 5.53. The molecule has 5 rings (SSSR count). The third kappa shape index (κ3) is 4.29. The number of aromatic hydroxyl groups is 2. The van der Waals surface area contributed by atoms with E-state index in [1.165, 1.54) is 13.0 Å². The first-order chi connectivity index (χ1) is 17.7. The maximum atomic E-state index is 13.8. The minimum atomic E-state index is -0.871. The minimum absolute atomic E-state index is 0.0874. The summed E-state index contributed by atoms with van der Waals surface area (Å²) in [7, 11) is 0. The molecule has 3 aliphatic rings. The number of anilines is 1. The Balaban J connectivity index is 1.64. The number of Topliss-reactive ketones (excluding diaryl/α,β-unsaturated/α-hetero) is 1. The largest absolute Gasteiger partial charge is 0.507 e. The highest BCUT2D eigenvalue weighted by Gasteiger charge is 2.44. The lowest BCUT2D eigenvalue weighted by atomic mass is 9.73. The SMILES string of the molecule is CC(=O)C1Cc2c(O)c3c(c(O)c2[C@@H](OC2CC[C@H](O)CO2)C1)C(=O)c1c(NCCN)cccc1C3=O. The Kier molecular flexibility index (Phi) is 6.76. The molecule has 4 atom stereocenters. The zero-order chi connectivity index (χ0) is 26.4. The van der Waals surface area contributed by atoms with Crippen molar-refractivity contribution >= 4 is 23.0 Å². The van der Waals surface area contributed by atoms with E-state index in [1.54, 1.807) is 12.1 Å². The van der Waals surface area contributed by atoms with Gasteiger partial charge in [-0.2, -0.15) is 0 Å². The van der Waals surface area contributed by atoms with Crippen LogP contribution in [0.2, 0.25) is 0 Å². The molecular weight excluding hydrogens is 480 g/mol. The first-order valence-electron chi connectivity index (χ1n) is 12.4. The maximum Gasteiger partial charge on any atom is 0.200 e. The molecule has 196 valence electrons. The van der Waals surface area contributed by atoms with E-state index in [9.17, 15) is 29.7 Å². The lowest BCUT2D eigenvalue weighted by molar-refractivity contribution is -0.213. The van der Waals surface area contributed by atoms with E-state index in [0.29, 0.717) is 31.6 Å². The molecule has 1 aliphatic heterocycles. The maximum absolute atomic E-state index is 13.8. The quantitative estimate of drug-likeness (QED) is 0.309. The molecule has 0 aromatic heterocycles. The third-order valence-corrected chi connectivity index (χ3v) is 7.41. The summed E-state index contributed by atoms with van der Waals surface area (Å²) in [6, 6.07) is 4.78. The Morgan fingerprint density at radius 1 is 1.14 bits per heavy atom. The lowest BCUT2D eigenvalue weighted by Gasteiger charge is -2.36. The highest BCUT2D eigenvalue weighted by atomic mass is 16.7. The van der Waals surface area contributed by atoms with E-state index >= 15 is 0 Å². The zero-order valence-corrected chi connectivity index (χ0v) is 20.5. The number of carbonyl (C=O) groups excluding carboxylic acids is 3. The number of aliphatic hydroxyl groups excluding tert-OH is 1. The van der Waals surface area contributed by atoms with Crippen molar-refractivity contribution in [3.63, 3.8) is 0 Å². The van der Waals surface area contributed by atoms with Gasteiger partial charge in [-0.05, 0) is 32.3 Å². The number of aliphatic hydroxyl groups is 1. The van der Waals surface area contributed by atoms with Gasteiger partial charge in [0, 0.05) is 47.8 Å². The molecule has 2 unspecified atom stereocenters. The molecule has 0 saturated carbocycles. The average Bonchev–Trinajstić information content (AvgIpc) is 2.88. The van der Waals surface area contributed by atoms with Crippen molar-refractivity contribution in [2.45, 2.75) is 51.1 Å². The van der Waals surface area contributed by atoms with E-state index in [0.717, 1.165) is 0 Å². The van der Waals surface area contributed by atoms with Gasteiger partial charge in [0.05, 0.1) is 35.5 Å². The third-order valence-electron chi connectivity index (χ3n) is 7.41. The van der Waals surface area contributed by atoms with Crippen molar-refractivity contribution < 1.29 is 39.2 Å². The first-order valence-corrected chi connectivity index (χ1v) is 12.4. The van der Waals surface area contributed by atoms with Crippen LogP contribution in [0.25, 0.3) is 0 Å². The van der Waals surface area contributed by atoms with Gasteiger partial charge in [0.25, 0.3) is 0 Å². The van der Waals surface area contributed by atoms with Gasteiger partial charge in [-0.1, -0.05) is 12.1 Å². The van der Waals surface area contributed by atoms with Crippen molar-refractivity contribution in [2.24, 2.45) is 11.7 Å². The second kappa shape index (κ2) is 9.86. The van der Waals surface area contributed by atoms with E-state index in [4.69, 9.17) is 15.2 Å². The highest BCUT2D eigenvalue weighted by Crippen LogP contribution is 2.51. The molecule has 10 heteroatoms. The fraction of sp³-hybridized carbons (Fsp3) is 0.444. The molecule has 2 aromatic carbocycles. The fourth-order valence-electron chi connectivity index (χ4n) is 5.53. The van der Waals surface area contributed by atoms with E-state index in [1.807, 2.05) is 0 Å². The Labute approximate surface area is 213 Å². The normalized spacial score (nSPS) is 24.7. The summed E-state index contributed by atoms with van der Waals surface area (Å²) in [5, 5.41) is 35.6. The van der Waals surface area contributed by atoms with Gasteiger partial charge in [-0.25, -0.2) is 0 Å². The van der Waals surface area contributed by atoms with Crippen LogP contribution in [0.15, 0.2) is 18.2 Å². The Hall–Kier alpha value is -3.31. The van der Waals surface area contributed by atoms with Gasteiger partial charge in [0.1, 0.15) is 17.3 Å². The number of nitrogens with one attached hydrogen (secondary N) is 1. The van der Waals surface area contributed by atoms with Crippen LogP contribution in [0.5, 0.6) is 11.5 Å². The molecule has 1 saturated heterocycles. The van der Waals surface area contributed by atoms with Crippen LogP contribution < -0.4 is 11.1 Å². The summed E-state index contributed by atoms with van der Waals surface area (Å²) in [4.78, 5) is 39.7. The second-order valence-corrected chi connectivity index (χ2v) is 9.81. The Morgan fingerprint density at radius 2 is 1.89 bits per heavy atom. The number of ketones is 3. The van der Waals surface area contributed by atoms with Crippen LogP contribution in [-0.2, 0) is 20.7 Å². The van der Waals surface area contributed by atoms with Crippen LogP contribution in [0, 0.1) is 5.92 Å². The standard InChI is InChI=1S/C27H30N2O8/c1-12(30)13-9-16-21(18(10-13)37-19-6-5-14(31)11-36-19)27(35)23-22(25(16)33)24(32)15-3-2-4-17(29-8-7-28)20(15)26(23)34/h2-4,13-14,18-19,29,31,33,35H,5-11,28H2,1H3/t13?,14-,18-,19?/m0/s1. The highest BCUT2D eigenvalue weighted by molar-refractivity contribution is 6.32. The molecule has 10 nitrogen and oxygen atoms in total. The summed E-state index contributed by atoms with van der Waals surface area (Å²) in [6.45, 7) is 2.20. The molecule has 0 amide bonds. The van der Waals surface area contributed by atoms with Gasteiger partial charge in [-0.3, -0.25) is 14.4 Å². The molecule has 1 fully saturated rings. The number of phenols is 2. The number of benzene rings is 2. The van der Waals surface area contributed by atoms with Crippen LogP contribution in [0.4, 0.5) is 5.69 Å². The number of fused-ring (bicyclic) bond motifs is 3. The zero-order valence-electron chi connectivity index (χ0n) is 20.5. The smallest absolute Gasteiger partial charge is 0.200 e. The van der Waals surface area contributed by atoms with Crippen LogP contribution in [0.3, 0.4) is 0 Å². The van der Waals surface area contributed by atoms with Crippen molar-refractivity contribution in [2.75, 3.05) is 25.0 Å². The van der Waals surface area contributed by atoms with Crippen LogP contribution in [0.1, 0.15) is 75.3 Å². The number of hydrogen-bond donors (Lipinski definition) is 5. The second-order valence-electron chi connectivity index (χ2n) is 9.81. The summed E-state index contributed by atoms with van der Waals surface area (Å²) in [6.07, 6.45) is -1.01. The number of carbonyl (C=O) groups is 3. The Bertz CT molecular complexity index is 1280. The summed E-state index contributed by atoms with van der Waals surface area (Å²) >= 11 is 0. The van der Waals surface area contributed by atoms with Gasteiger partial charge in [0.2, 0.25) is 0 Å². The number of hydrogen-bond acceptors (Lipinski definition) is 10. The number of ether oxygens (including phenoxy) is 2. The molecule has 6 N–H and O–H groups in total. The molecule has 0 bridgehead atoms. The van der Waals surface area contributed by atoms with E-state index < -0.39 is 47.5 Å².